The van der Waals surface area contributed by atoms with Gasteiger partial charge >= 0.3 is 0 Å². The SMILES string of the molecule is CCC1(CC)c2cc(-c3cn(Cc4ccccc4)nn3)ccc2-c2ccc(N(c3ccccc3)c3ccccc3)cc21. The van der Waals surface area contributed by atoms with Crippen molar-refractivity contribution in [3.8, 4) is 22.4 Å². The van der Waals surface area contributed by atoms with Crippen LogP contribution in [0, 0.1) is 0 Å². The second-order valence-corrected chi connectivity index (χ2v) is 11.1. The van der Waals surface area contributed by atoms with Crippen LogP contribution in [-0.2, 0) is 12.0 Å². The molecule has 0 unspecified atom stereocenters. The summed E-state index contributed by atoms with van der Waals surface area (Å²) in [4.78, 5) is 2.36. The normalized spacial score (nSPS) is 13.0. The van der Waals surface area contributed by atoms with E-state index in [1.165, 1.54) is 33.5 Å². The molecule has 6 aromatic rings. The number of hydrogen-bond acceptors (Lipinski definition) is 3. The Morgan fingerprint density at radius 2 is 1.19 bits per heavy atom. The fourth-order valence-corrected chi connectivity index (χ4v) is 6.67. The summed E-state index contributed by atoms with van der Waals surface area (Å²) in [7, 11) is 0. The summed E-state index contributed by atoms with van der Waals surface area (Å²) >= 11 is 0. The predicted molar refractivity (Wildman–Crippen MR) is 172 cm³/mol. The topological polar surface area (TPSA) is 34.0 Å². The van der Waals surface area contributed by atoms with E-state index in [0.717, 1.165) is 35.5 Å². The smallest absolute Gasteiger partial charge is 0.113 e. The molecular weight excluding hydrogens is 512 g/mol. The van der Waals surface area contributed by atoms with Crippen LogP contribution in [0.1, 0.15) is 43.4 Å². The van der Waals surface area contributed by atoms with E-state index in [1.54, 1.807) is 0 Å². The molecule has 0 atom stereocenters. The van der Waals surface area contributed by atoms with Gasteiger partial charge in [-0.3, -0.25) is 0 Å². The zero-order chi connectivity index (χ0) is 28.5. The van der Waals surface area contributed by atoms with Crippen LogP contribution in [0.2, 0.25) is 0 Å². The van der Waals surface area contributed by atoms with Crippen LogP contribution in [-0.4, -0.2) is 15.0 Å². The molecule has 1 aliphatic carbocycles. The number of hydrogen-bond donors (Lipinski definition) is 0. The van der Waals surface area contributed by atoms with Crippen molar-refractivity contribution < 1.29 is 0 Å². The second kappa shape index (κ2) is 10.8. The molecule has 1 heterocycles. The van der Waals surface area contributed by atoms with Gasteiger partial charge in [0, 0.05) is 28.0 Å². The maximum absolute atomic E-state index is 4.57. The first-order valence-corrected chi connectivity index (χ1v) is 14.8. The summed E-state index contributed by atoms with van der Waals surface area (Å²) in [6.07, 6.45) is 4.10. The number of anilines is 3. The van der Waals surface area contributed by atoms with E-state index in [2.05, 4.69) is 157 Å². The van der Waals surface area contributed by atoms with Crippen molar-refractivity contribution >= 4 is 17.1 Å². The summed E-state index contributed by atoms with van der Waals surface area (Å²) < 4.78 is 1.92. The van der Waals surface area contributed by atoms with Gasteiger partial charge in [0.25, 0.3) is 0 Å². The molecule has 42 heavy (non-hydrogen) atoms. The number of benzene rings is 5. The van der Waals surface area contributed by atoms with Crippen LogP contribution in [0.4, 0.5) is 17.1 Å². The Kier molecular flexibility index (Phi) is 6.67. The van der Waals surface area contributed by atoms with Gasteiger partial charge in [-0.2, -0.15) is 0 Å². The van der Waals surface area contributed by atoms with Gasteiger partial charge in [0.15, 0.2) is 0 Å². The first kappa shape index (κ1) is 26.0. The first-order chi connectivity index (χ1) is 20.7. The van der Waals surface area contributed by atoms with Crippen LogP contribution in [0.15, 0.2) is 134 Å². The lowest BCUT2D eigenvalue weighted by atomic mass is 9.73. The Morgan fingerprint density at radius 1 is 0.619 bits per heavy atom. The first-order valence-electron chi connectivity index (χ1n) is 14.8. The molecule has 1 aliphatic rings. The zero-order valence-electron chi connectivity index (χ0n) is 24.1. The van der Waals surface area contributed by atoms with Crippen LogP contribution in [0.25, 0.3) is 22.4 Å². The Labute approximate surface area is 247 Å². The van der Waals surface area contributed by atoms with Gasteiger partial charge in [0.1, 0.15) is 5.69 Å². The molecule has 0 bridgehead atoms. The third kappa shape index (κ3) is 4.40. The Hall–Kier alpha value is -4.96. The van der Waals surface area contributed by atoms with Gasteiger partial charge in [0.2, 0.25) is 0 Å². The van der Waals surface area contributed by atoms with E-state index in [-0.39, 0.29) is 5.41 Å². The van der Waals surface area contributed by atoms with E-state index in [0.29, 0.717) is 6.54 Å². The summed E-state index contributed by atoms with van der Waals surface area (Å²) in [5, 5.41) is 9.01. The highest BCUT2D eigenvalue weighted by molar-refractivity contribution is 5.87. The number of rotatable bonds is 8. The average molecular weight is 547 g/mol. The molecule has 0 N–H and O–H groups in total. The Bertz CT molecular complexity index is 1780. The van der Waals surface area contributed by atoms with Crippen LogP contribution in [0.3, 0.4) is 0 Å². The molecule has 206 valence electrons. The zero-order valence-corrected chi connectivity index (χ0v) is 24.1. The van der Waals surface area contributed by atoms with Crippen molar-refractivity contribution in [2.45, 2.75) is 38.6 Å². The van der Waals surface area contributed by atoms with E-state index in [4.69, 9.17) is 0 Å². The summed E-state index contributed by atoms with van der Waals surface area (Å²) in [5.74, 6) is 0. The monoisotopic (exact) mass is 546 g/mol. The molecule has 0 radical (unpaired) electrons. The van der Waals surface area contributed by atoms with Gasteiger partial charge in [0.05, 0.1) is 12.7 Å². The molecular formula is C38H34N4. The largest absolute Gasteiger partial charge is 0.310 e. The van der Waals surface area contributed by atoms with E-state index >= 15 is 0 Å². The minimum absolute atomic E-state index is 0.0736. The number of para-hydroxylation sites is 2. The number of aromatic nitrogens is 3. The quantitative estimate of drug-likeness (QED) is 0.191. The summed E-state index contributed by atoms with van der Waals surface area (Å²) in [6, 6.07) is 45.6. The number of nitrogens with zero attached hydrogens (tertiary/aromatic N) is 4. The van der Waals surface area contributed by atoms with Gasteiger partial charge in [-0.25, -0.2) is 4.68 Å². The highest BCUT2D eigenvalue weighted by Gasteiger charge is 2.41. The molecule has 4 nitrogen and oxygen atoms in total. The molecule has 1 aromatic heterocycles. The van der Waals surface area contributed by atoms with E-state index in [1.807, 2.05) is 10.7 Å². The second-order valence-electron chi connectivity index (χ2n) is 11.1. The molecule has 0 spiro atoms. The third-order valence-electron chi connectivity index (χ3n) is 8.86. The standard InChI is InChI=1S/C38H34N4/c1-3-38(4-2)35-24-29(37-27-41(40-39-37)26-28-14-8-5-9-15-28)20-22-33(35)34-23-21-32(25-36(34)38)42(30-16-10-6-11-17-30)31-18-12-7-13-19-31/h5-25,27H,3-4,26H2,1-2H3. The summed E-state index contributed by atoms with van der Waals surface area (Å²) in [6.45, 7) is 5.36. The molecule has 0 saturated carbocycles. The van der Waals surface area contributed by atoms with Crippen molar-refractivity contribution in [2.75, 3.05) is 4.90 Å². The maximum atomic E-state index is 4.57. The van der Waals surface area contributed by atoms with Crippen molar-refractivity contribution in [1.29, 1.82) is 0 Å². The van der Waals surface area contributed by atoms with E-state index < -0.39 is 0 Å². The maximum Gasteiger partial charge on any atom is 0.113 e. The summed E-state index contributed by atoms with van der Waals surface area (Å²) in [5.41, 5.74) is 12.1. The molecule has 0 amide bonds. The van der Waals surface area contributed by atoms with Crippen molar-refractivity contribution in [1.82, 2.24) is 15.0 Å². The van der Waals surface area contributed by atoms with Crippen molar-refractivity contribution in [2.24, 2.45) is 0 Å². The molecule has 0 saturated heterocycles. The molecule has 7 rings (SSSR count). The number of fused-ring (bicyclic) bond motifs is 3. The fourth-order valence-electron chi connectivity index (χ4n) is 6.67. The minimum Gasteiger partial charge on any atom is -0.310 e. The highest BCUT2D eigenvalue weighted by atomic mass is 15.4. The third-order valence-corrected chi connectivity index (χ3v) is 8.86. The van der Waals surface area contributed by atoms with Gasteiger partial charge in [-0.15, -0.1) is 5.10 Å². The Balaban J connectivity index is 1.30. The minimum atomic E-state index is -0.0736. The molecule has 5 aromatic carbocycles. The molecule has 4 heteroatoms. The van der Waals surface area contributed by atoms with Gasteiger partial charge < -0.3 is 4.90 Å². The van der Waals surface area contributed by atoms with Crippen LogP contribution in [0.5, 0.6) is 0 Å². The van der Waals surface area contributed by atoms with Crippen molar-refractivity contribution in [3.05, 3.63) is 150 Å². The van der Waals surface area contributed by atoms with Crippen LogP contribution >= 0.6 is 0 Å². The predicted octanol–water partition coefficient (Wildman–Crippen LogP) is 9.55. The van der Waals surface area contributed by atoms with Crippen LogP contribution < -0.4 is 4.90 Å². The lowest BCUT2D eigenvalue weighted by Gasteiger charge is -2.32. The highest BCUT2D eigenvalue weighted by Crippen LogP contribution is 2.54. The van der Waals surface area contributed by atoms with Gasteiger partial charge in [-0.05, 0) is 83.1 Å². The lowest BCUT2D eigenvalue weighted by Crippen LogP contribution is -2.23. The van der Waals surface area contributed by atoms with Gasteiger partial charge in [-0.1, -0.05) is 104 Å². The fraction of sp³-hybridized carbons (Fsp3) is 0.158. The molecule has 0 aliphatic heterocycles. The van der Waals surface area contributed by atoms with Crippen molar-refractivity contribution in [3.63, 3.8) is 0 Å². The Morgan fingerprint density at radius 3 is 1.81 bits per heavy atom. The molecule has 0 fully saturated rings. The lowest BCUT2D eigenvalue weighted by molar-refractivity contribution is 0.490. The average Bonchev–Trinajstić information content (AvgIpc) is 3.63. The van der Waals surface area contributed by atoms with E-state index in [9.17, 15) is 0 Å².